The van der Waals surface area contributed by atoms with Gasteiger partial charge in [0.1, 0.15) is 0 Å². The highest BCUT2D eigenvalue weighted by molar-refractivity contribution is 5.98. The Hall–Kier alpha value is -0.670. The molecule has 0 aromatic rings. The van der Waals surface area contributed by atoms with Crippen LogP contribution in [0.3, 0.4) is 0 Å². The van der Waals surface area contributed by atoms with Gasteiger partial charge in [0.2, 0.25) is 0 Å². The topological polar surface area (TPSA) is 35.5 Å². The second kappa shape index (κ2) is 3.92. The van der Waals surface area contributed by atoms with Gasteiger partial charge >= 0.3 is 0 Å². The first-order chi connectivity index (χ1) is 8.17. The molecule has 0 aromatic carbocycles. The summed E-state index contributed by atoms with van der Waals surface area (Å²) in [6, 6.07) is 0. The molecule has 3 aliphatic rings. The predicted octanol–water partition coefficient (Wildman–Crippen LogP) is 2.60. The Labute approximate surface area is 102 Å². The van der Waals surface area contributed by atoms with Crippen LogP contribution >= 0.6 is 0 Å². The van der Waals surface area contributed by atoms with Crippen molar-refractivity contribution in [1.29, 1.82) is 0 Å². The van der Waals surface area contributed by atoms with Crippen LogP contribution in [0.1, 0.15) is 45.4 Å². The minimum atomic E-state index is -0.308. The second-order valence-electron chi connectivity index (χ2n) is 5.59. The first-order valence-corrected chi connectivity index (χ1v) is 6.70. The van der Waals surface area contributed by atoms with Crippen molar-refractivity contribution in [2.75, 3.05) is 13.2 Å². The third kappa shape index (κ3) is 1.85. The molecular formula is C14H20O3. The van der Waals surface area contributed by atoms with E-state index in [-0.39, 0.29) is 11.2 Å². The Morgan fingerprint density at radius 2 is 1.82 bits per heavy atom. The number of hydrogen-bond acceptors (Lipinski definition) is 3. The maximum atomic E-state index is 11.9. The summed E-state index contributed by atoms with van der Waals surface area (Å²) >= 11 is 0. The molecule has 0 N–H and O–H groups in total. The van der Waals surface area contributed by atoms with Crippen molar-refractivity contribution in [3.63, 3.8) is 0 Å². The highest BCUT2D eigenvalue weighted by atomic mass is 16.7. The molecule has 0 amide bonds. The van der Waals surface area contributed by atoms with E-state index in [1.165, 1.54) is 0 Å². The van der Waals surface area contributed by atoms with Crippen molar-refractivity contribution < 1.29 is 14.3 Å². The Morgan fingerprint density at radius 3 is 2.35 bits per heavy atom. The van der Waals surface area contributed by atoms with Crippen LogP contribution in [0.5, 0.6) is 0 Å². The van der Waals surface area contributed by atoms with Gasteiger partial charge in [0.25, 0.3) is 0 Å². The van der Waals surface area contributed by atoms with E-state index in [2.05, 4.69) is 13.0 Å². The molecular weight excluding hydrogens is 216 g/mol. The average molecular weight is 236 g/mol. The van der Waals surface area contributed by atoms with Gasteiger partial charge < -0.3 is 9.47 Å². The van der Waals surface area contributed by atoms with Gasteiger partial charge in [-0.25, -0.2) is 0 Å². The molecule has 0 bridgehead atoms. The zero-order valence-electron chi connectivity index (χ0n) is 10.5. The van der Waals surface area contributed by atoms with E-state index >= 15 is 0 Å². The summed E-state index contributed by atoms with van der Waals surface area (Å²) in [5.41, 5.74) is 1.16. The molecule has 17 heavy (non-hydrogen) atoms. The largest absolute Gasteiger partial charge is 0.348 e. The molecule has 1 saturated heterocycles. The lowest BCUT2D eigenvalue weighted by Crippen LogP contribution is -2.38. The lowest BCUT2D eigenvalue weighted by atomic mass is 9.71. The number of carbonyl (C=O) groups excluding carboxylic acids is 1. The number of carbonyl (C=O) groups is 1. The van der Waals surface area contributed by atoms with E-state index in [0.717, 1.165) is 50.9 Å². The van der Waals surface area contributed by atoms with E-state index in [1.807, 2.05) is 0 Å². The Bertz CT molecular complexity index is 354. The molecule has 2 fully saturated rings. The summed E-state index contributed by atoms with van der Waals surface area (Å²) in [5.74, 6) is 0.0496. The van der Waals surface area contributed by atoms with Crippen molar-refractivity contribution in [1.82, 2.24) is 0 Å². The predicted molar refractivity (Wildman–Crippen MR) is 63.5 cm³/mol. The molecule has 3 heteroatoms. The van der Waals surface area contributed by atoms with Crippen molar-refractivity contribution in [3.8, 4) is 0 Å². The summed E-state index contributed by atoms with van der Waals surface area (Å²) in [4.78, 5) is 11.9. The molecule has 0 radical (unpaired) electrons. The fraction of sp³-hybridized carbons (Fsp3) is 0.786. The Morgan fingerprint density at radius 1 is 1.18 bits per heavy atom. The van der Waals surface area contributed by atoms with E-state index in [9.17, 15) is 4.79 Å². The smallest absolute Gasteiger partial charge is 0.168 e. The van der Waals surface area contributed by atoms with Gasteiger partial charge in [-0.1, -0.05) is 13.0 Å². The monoisotopic (exact) mass is 236 g/mol. The van der Waals surface area contributed by atoms with Crippen LogP contribution in [-0.2, 0) is 14.3 Å². The van der Waals surface area contributed by atoms with Crippen LogP contribution in [0.2, 0.25) is 0 Å². The van der Waals surface area contributed by atoms with Crippen LogP contribution in [0, 0.1) is 5.41 Å². The maximum Gasteiger partial charge on any atom is 0.168 e. The molecule has 2 aliphatic carbocycles. The van der Waals surface area contributed by atoms with Gasteiger partial charge in [-0.3, -0.25) is 4.79 Å². The van der Waals surface area contributed by atoms with Crippen LogP contribution in [-0.4, -0.2) is 24.8 Å². The zero-order valence-corrected chi connectivity index (χ0v) is 10.5. The quantitative estimate of drug-likeness (QED) is 0.702. The molecule has 1 heterocycles. The molecule has 3 rings (SSSR count). The minimum absolute atomic E-state index is 0.128. The molecule has 0 atom stereocenters. The molecule has 94 valence electrons. The number of hydrogen-bond donors (Lipinski definition) is 0. The first-order valence-electron chi connectivity index (χ1n) is 6.70. The number of Topliss-reactive ketones (excluding diaryl/α,β-unsaturated/α-hetero) is 1. The van der Waals surface area contributed by atoms with Gasteiger partial charge in [-0.2, -0.15) is 0 Å². The van der Waals surface area contributed by atoms with Crippen LogP contribution in [0.25, 0.3) is 0 Å². The number of allylic oxidation sites excluding steroid dienone is 2. The summed E-state index contributed by atoms with van der Waals surface area (Å²) in [7, 11) is 0. The molecule has 0 unspecified atom stereocenters. The normalized spacial score (nSPS) is 30.2. The molecule has 2 spiro atoms. The summed E-state index contributed by atoms with van der Waals surface area (Å²) in [6.45, 7) is 3.51. The van der Waals surface area contributed by atoms with Crippen LogP contribution in [0.15, 0.2) is 11.6 Å². The average Bonchev–Trinajstić information content (AvgIpc) is 2.90. The van der Waals surface area contributed by atoms with Crippen molar-refractivity contribution in [3.05, 3.63) is 11.6 Å². The third-order valence-corrected chi connectivity index (χ3v) is 4.55. The van der Waals surface area contributed by atoms with E-state index < -0.39 is 0 Å². The summed E-state index contributed by atoms with van der Waals surface area (Å²) in [5, 5.41) is 0. The van der Waals surface area contributed by atoms with Gasteiger partial charge in [-0.05, 0) is 30.3 Å². The summed E-state index contributed by atoms with van der Waals surface area (Å²) < 4.78 is 11.5. The fourth-order valence-corrected chi connectivity index (χ4v) is 3.47. The van der Waals surface area contributed by atoms with E-state index in [0.29, 0.717) is 12.2 Å². The Balaban J connectivity index is 1.73. The first kappa shape index (κ1) is 11.4. The molecule has 1 aliphatic heterocycles. The number of ketones is 1. The van der Waals surface area contributed by atoms with Crippen molar-refractivity contribution in [2.45, 2.75) is 51.2 Å². The number of rotatable bonds is 1. The SMILES string of the molecule is CCC1=CC2(CCC3(CC2)OCCO3)CC1=O. The van der Waals surface area contributed by atoms with Gasteiger partial charge in [0.05, 0.1) is 13.2 Å². The van der Waals surface area contributed by atoms with Gasteiger partial charge in [0, 0.05) is 19.3 Å². The van der Waals surface area contributed by atoms with Gasteiger partial charge in [0.15, 0.2) is 11.6 Å². The van der Waals surface area contributed by atoms with E-state index in [1.54, 1.807) is 0 Å². The van der Waals surface area contributed by atoms with Gasteiger partial charge in [-0.15, -0.1) is 0 Å². The second-order valence-corrected chi connectivity index (χ2v) is 5.59. The zero-order chi connectivity index (χ0) is 11.9. The number of ether oxygens (including phenoxy) is 2. The molecule has 1 saturated carbocycles. The fourth-order valence-electron chi connectivity index (χ4n) is 3.47. The van der Waals surface area contributed by atoms with Crippen molar-refractivity contribution >= 4 is 5.78 Å². The highest BCUT2D eigenvalue weighted by Crippen LogP contribution is 2.50. The Kier molecular flexibility index (Phi) is 2.64. The lowest BCUT2D eigenvalue weighted by molar-refractivity contribution is -0.188. The standard InChI is InChI=1S/C14H20O3/c1-2-11-9-13(10-12(11)15)3-5-14(6-4-13)16-7-8-17-14/h9H,2-8,10H2,1H3. The molecule has 3 nitrogen and oxygen atoms in total. The highest BCUT2D eigenvalue weighted by Gasteiger charge is 2.48. The van der Waals surface area contributed by atoms with Crippen LogP contribution < -0.4 is 0 Å². The molecule has 0 aromatic heterocycles. The van der Waals surface area contributed by atoms with E-state index in [4.69, 9.17) is 9.47 Å². The minimum Gasteiger partial charge on any atom is -0.348 e. The van der Waals surface area contributed by atoms with Crippen molar-refractivity contribution in [2.24, 2.45) is 5.41 Å². The summed E-state index contributed by atoms with van der Waals surface area (Å²) in [6.07, 6.45) is 7.77. The third-order valence-electron chi connectivity index (χ3n) is 4.55. The van der Waals surface area contributed by atoms with Crippen LogP contribution in [0.4, 0.5) is 0 Å². The maximum absolute atomic E-state index is 11.9. The lowest BCUT2D eigenvalue weighted by Gasteiger charge is -2.40.